The maximum Gasteiger partial charge on any atom is 0.207 e. The van der Waals surface area contributed by atoms with Gasteiger partial charge in [0, 0.05) is 5.56 Å². The summed E-state index contributed by atoms with van der Waals surface area (Å²) in [6.07, 6.45) is 0.787. The zero-order chi connectivity index (χ0) is 15.4. The first-order valence-electron chi connectivity index (χ1n) is 6.93. The van der Waals surface area contributed by atoms with Crippen LogP contribution >= 0.6 is 11.3 Å². The summed E-state index contributed by atoms with van der Waals surface area (Å²) in [4.78, 5) is 16.1. The molecule has 0 aliphatic rings. The van der Waals surface area contributed by atoms with Gasteiger partial charge < -0.3 is 10.1 Å². The minimum Gasteiger partial charge on any atom is -0.491 e. The number of amides is 1. The van der Waals surface area contributed by atoms with Crippen LogP contribution in [-0.4, -0.2) is 17.5 Å². The van der Waals surface area contributed by atoms with Crippen LogP contribution in [-0.2, 0) is 4.79 Å². The predicted octanol–water partition coefficient (Wildman–Crippen LogP) is 3.71. The van der Waals surface area contributed by atoms with Crippen LogP contribution in [0.3, 0.4) is 0 Å². The van der Waals surface area contributed by atoms with Crippen molar-refractivity contribution in [2.24, 2.45) is 0 Å². The van der Waals surface area contributed by atoms with E-state index in [2.05, 4.69) is 10.3 Å². The van der Waals surface area contributed by atoms with Crippen LogP contribution in [0.15, 0.2) is 23.7 Å². The minimum atomic E-state index is -0.0899. The molecule has 4 nitrogen and oxygen atoms in total. The first-order chi connectivity index (χ1) is 10.0. The molecule has 21 heavy (non-hydrogen) atoms. The molecule has 1 N–H and O–H groups in total. The monoisotopic (exact) mass is 304 g/mol. The number of carbonyl (C=O) groups excluding carboxylic acids is 1. The SMILES string of the molecule is Cc1ncsc1-c1ccc(C(C)NC=O)c(OC(C)C)c1. The molecule has 1 heterocycles. The van der Waals surface area contributed by atoms with Gasteiger partial charge in [0.1, 0.15) is 5.75 Å². The maximum absolute atomic E-state index is 10.7. The summed E-state index contributed by atoms with van der Waals surface area (Å²) in [5.41, 5.74) is 4.93. The number of nitrogens with zero attached hydrogens (tertiary/aromatic N) is 1. The molecule has 5 heteroatoms. The highest BCUT2D eigenvalue weighted by molar-refractivity contribution is 7.13. The molecule has 0 saturated heterocycles. The highest BCUT2D eigenvalue weighted by Gasteiger charge is 2.15. The first-order valence-corrected chi connectivity index (χ1v) is 7.81. The smallest absolute Gasteiger partial charge is 0.207 e. The minimum absolute atomic E-state index is 0.0741. The summed E-state index contributed by atoms with van der Waals surface area (Å²) >= 11 is 1.62. The number of rotatable bonds is 6. The average Bonchev–Trinajstić information content (AvgIpc) is 2.84. The zero-order valence-corrected chi connectivity index (χ0v) is 13.5. The van der Waals surface area contributed by atoms with E-state index in [0.717, 1.165) is 27.4 Å². The largest absolute Gasteiger partial charge is 0.491 e. The highest BCUT2D eigenvalue weighted by Crippen LogP contribution is 2.34. The lowest BCUT2D eigenvalue weighted by Crippen LogP contribution is -2.18. The second-order valence-electron chi connectivity index (χ2n) is 5.19. The van der Waals surface area contributed by atoms with Crippen molar-refractivity contribution in [3.05, 3.63) is 35.0 Å². The fraction of sp³-hybridized carbons (Fsp3) is 0.375. The second-order valence-corrected chi connectivity index (χ2v) is 6.05. The Morgan fingerprint density at radius 3 is 2.67 bits per heavy atom. The average molecular weight is 304 g/mol. The van der Waals surface area contributed by atoms with E-state index in [1.807, 2.05) is 51.4 Å². The molecule has 0 radical (unpaired) electrons. The Balaban J connectivity index is 2.44. The van der Waals surface area contributed by atoms with Gasteiger partial charge in [-0.3, -0.25) is 4.79 Å². The standard InChI is InChI=1S/C16H20N2O2S/c1-10(2)20-15-7-13(16-12(4)18-9-21-16)5-6-14(15)11(3)17-8-19/h5-11H,1-4H3,(H,17,19). The van der Waals surface area contributed by atoms with Crippen molar-refractivity contribution in [2.75, 3.05) is 0 Å². The van der Waals surface area contributed by atoms with Gasteiger partial charge in [0.05, 0.1) is 28.2 Å². The molecule has 0 bridgehead atoms. The Hall–Kier alpha value is -1.88. The Labute approximate surface area is 129 Å². The molecule has 1 aromatic heterocycles. The summed E-state index contributed by atoms with van der Waals surface area (Å²) in [5, 5.41) is 2.77. The molecular formula is C16H20N2O2S. The fourth-order valence-electron chi connectivity index (χ4n) is 2.16. The van der Waals surface area contributed by atoms with Gasteiger partial charge in [-0.25, -0.2) is 4.98 Å². The van der Waals surface area contributed by atoms with E-state index >= 15 is 0 Å². The molecule has 0 aliphatic heterocycles. The Bertz CT molecular complexity index is 622. The van der Waals surface area contributed by atoms with Crippen LogP contribution in [0.4, 0.5) is 0 Å². The number of hydrogen-bond acceptors (Lipinski definition) is 4. The fourth-order valence-corrected chi connectivity index (χ4v) is 2.96. The lowest BCUT2D eigenvalue weighted by Gasteiger charge is -2.19. The molecule has 2 rings (SSSR count). The number of thiazole rings is 1. The Kier molecular flexibility index (Phi) is 4.96. The molecule has 1 unspecified atom stereocenters. The third kappa shape index (κ3) is 3.61. The van der Waals surface area contributed by atoms with Crippen molar-refractivity contribution in [1.82, 2.24) is 10.3 Å². The highest BCUT2D eigenvalue weighted by atomic mass is 32.1. The predicted molar refractivity (Wildman–Crippen MR) is 85.7 cm³/mol. The number of hydrogen-bond donors (Lipinski definition) is 1. The molecule has 0 spiro atoms. The normalized spacial score (nSPS) is 12.2. The molecule has 1 aromatic carbocycles. The number of aromatic nitrogens is 1. The molecule has 1 atom stereocenters. The van der Waals surface area contributed by atoms with Crippen LogP contribution in [0.25, 0.3) is 10.4 Å². The van der Waals surface area contributed by atoms with Gasteiger partial charge in [-0.1, -0.05) is 12.1 Å². The molecule has 112 valence electrons. The van der Waals surface area contributed by atoms with E-state index < -0.39 is 0 Å². The number of aryl methyl sites for hydroxylation is 1. The Morgan fingerprint density at radius 2 is 2.10 bits per heavy atom. The van der Waals surface area contributed by atoms with Gasteiger partial charge in [-0.05, 0) is 39.3 Å². The summed E-state index contributed by atoms with van der Waals surface area (Å²) in [6.45, 7) is 7.92. The van der Waals surface area contributed by atoms with Crippen molar-refractivity contribution < 1.29 is 9.53 Å². The van der Waals surface area contributed by atoms with Crippen molar-refractivity contribution in [1.29, 1.82) is 0 Å². The molecular weight excluding hydrogens is 284 g/mol. The summed E-state index contributed by atoms with van der Waals surface area (Å²) in [6, 6.07) is 5.99. The van der Waals surface area contributed by atoms with Crippen LogP contribution in [0.2, 0.25) is 0 Å². The van der Waals surface area contributed by atoms with Gasteiger partial charge in [-0.15, -0.1) is 11.3 Å². The number of ether oxygens (including phenoxy) is 1. The van der Waals surface area contributed by atoms with Gasteiger partial charge in [-0.2, -0.15) is 0 Å². The topological polar surface area (TPSA) is 51.2 Å². The molecule has 0 fully saturated rings. The van der Waals surface area contributed by atoms with Crippen molar-refractivity contribution in [3.8, 4) is 16.2 Å². The lowest BCUT2D eigenvalue weighted by atomic mass is 10.0. The van der Waals surface area contributed by atoms with Crippen molar-refractivity contribution in [3.63, 3.8) is 0 Å². The van der Waals surface area contributed by atoms with Gasteiger partial charge >= 0.3 is 0 Å². The lowest BCUT2D eigenvalue weighted by molar-refractivity contribution is -0.110. The number of carbonyl (C=O) groups is 1. The van der Waals surface area contributed by atoms with Crippen LogP contribution in [0.5, 0.6) is 5.75 Å². The van der Waals surface area contributed by atoms with Crippen LogP contribution in [0, 0.1) is 6.92 Å². The quantitative estimate of drug-likeness (QED) is 0.828. The molecule has 0 saturated carbocycles. The summed E-state index contributed by atoms with van der Waals surface area (Å²) in [5.74, 6) is 0.803. The molecule has 1 amide bonds. The maximum atomic E-state index is 10.7. The second kappa shape index (κ2) is 6.72. The summed E-state index contributed by atoms with van der Waals surface area (Å²) < 4.78 is 5.92. The summed E-state index contributed by atoms with van der Waals surface area (Å²) in [7, 11) is 0. The van der Waals surface area contributed by atoms with E-state index in [0.29, 0.717) is 6.41 Å². The molecule has 0 aliphatic carbocycles. The Morgan fingerprint density at radius 1 is 1.33 bits per heavy atom. The van der Waals surface area contributed by atoms with Gasteiger partial charge in [0.15, 0.2) is 0 Å². The number of nitrogens with one attached hydrogen (secondary N) is 1. The van der Waals surface area contributed by atoms with Gasteiger partial charge in [0.25, 0.3) is 0 Å². The third-order valence-electron chi connectivity index (χ3n) is 3.17. The van der Waals surface area contributed by atoms with Gasteiger partial charge in [0.2, 0.25) is 6.41 Å². The zero-order valence-electron chi connectivity index (χ0n) is 12.7. The molecule has 2 aromatic rings. The van der Waals surface area contributed by atoms with E-state index in [1.54, 1.807) is 11.3 Å². The number of benzene rings is 1. The van der Waals surface area contributed by atoms with E-state index in [1.165, 1.54) is 0 Å². The third-order valence-corrected chi connectivity index (χ3v) is 4.15. The van der Waals surface area contributed by atoms with E-state index in [4.69, 9.17) is 4.74 Å². The van der Waals surface area contributed by atoms with Crippen LogP contribution < -0.4 is 10.1 Å². The van der Waals surface area contributed by atoms with E-state index in [9.17, 15) is 4.79 Å². The van der Waals surface area contributed by atoms with E-state index in [-0.39, 0.29) is 12.1 Å². The van der Waals surface area contributed by atoms with Crippen molar-refractivity contribution in [2.45, 2.75) is 39.8 Å². The first kappa shape index (κ1) is 15.5. The van der Waals surface area contributed by atoms with Crippen LogP contribution in [0.1, 0.15) is 38.1 Å². The van der Waals surface area contributed by atoms with Crippen molar-refractivity contribution >= 4 is 17.7 Å².